The number of benzene rings is 1. The molecule has 0 heterocycles. The van der Waals surface area contributed by atoms with Gasteiger partial charge in [-0.25, -0.2) is 4.39 Å². The van der Waals surface area contributed by atoms with Crippen LogP contribution in [0.15, 0.2) is 24.3 Å². The second-order valence-electron chi connectivity index (χ2n) is 5.61. The average molecular weight is 339 g/mol. The summed E-state index contributed by atoms with van der Waals surface area (Å²) in [5.41, 5.74) is 4.49. The fourth-order valence-electron chi connectivity index (χ4n) is 1.83. The molecule has 8 heteroatoms. The Labute approximate surface area is 139 Å². The van der Waals surface area contributed by atoms with E-state index in [0.717, 1.165) is 0 Å². The monoisotopic (exact) mass is 339 g/mol. The first-order valence-corrected chi connectivity index (χ1v) is 7.49. The van der Waals surface area contributed by atoms with Crippen molar-refractivity contribution in [3.8, 4) is 5.75 Å². The Morgan fingerprint density at radius 3 is 2.04 bits per heavy atom. The number of halogens is 1. The van der Waals surface area contributed by atoms with E-state index in [4.69, 9.17) is 4.74 Å². The van der Waals surface area contributed by atoms with Crippen molar-refractivity contribution in [1.82, 2.24) is 16.2 Å². The highest BCUT2D eigenvalue weighted by Gasteiger charge is 2.24. The van der Waals surface area contributed by atoms with E-state index in [1.807, 2.05) is 0 Å². The second-order valence-corrected chi connectivity index (χ2v) is 5.61. The number of carbonyl (C=O) groups excluding carboxylic acids is 3. The molecule has 1 aromatic carbocycles. The fraction of sp³-hybridized carbons (Fsp3) is 0.438. The Kier molecular flexibility index (Phi) is 7.16. The van der Waals surface area contributed by atoms with Crippen molar-refractivity contribution in [2.24, 2.45) is 5.92 Å². The molecule has 24 heavy (non-hydrogen) atoms. The maximum Gasteiger partial charge on any atom is 0.279 e. The van der Waals surface area contributed by atoms with E-state index in [1.54, 1.807) is 13.8 Å². The number of rotatable bonds is 6. The largest absolute Gasteiger partial charge is 0.481 e. The van der Waals surface area contributed by atoms with Crippen LogP contribution in [0.1, 0.15) is 27.7 Å². The van der Waals surface area contributed by atoms with Gasteiger partial charge < -0.3 is 10.1 Å². The number of hydrogen-bond acceptors (Lipinski definition) is 4. The lowest BCUT2D eigenvalue weighted by molar-refractivity contribution is -0.135. The van der Waals surface area contributed by atoms with Gasteiger partial charge in [0.1, 0.15) is 17.6 Å². The SMILES string of the molecule is CC(=O)N[C@@H](C(=O)NNC(=O)[C@H](C)Oc1ccc(F)cc1)C(C)C. The van der Waals surface area contributed by atoms with E-state index in [9.17, 15) is 18.8 Å². The molecule has 0 radical (unpaired) electrons. The first kappa shape index (κ1) is 19.4. The minimum Gasteiger partial charge on any atom is -0.481 e. The Hall–Kier alpha value is -2.64. The molecule has 0 aromatic heterocycles. The van der Waals surface area contributed by atoms with E-state index in [0.29, 0.717) is 5.75 Å². The maximum atomic E-state index is 12.8. The fourth-order valence-corrected chi connectivity index (χ4v) is 1.83. The van der Waals surface area contributed by atoms with Gasteiger partial charge in [0.25, 0.3) is 11.8 Å². The molecule has 0 unspecified atom stereocenters. The van der Waals surface area contributed by atoms with Crippen LogP contribution in [0.5, 0.6) is 5.75 Å². The summed E-state index contributed by atoms with van der Waals surface area (Å²) >= 11 is 0. The van der Waals surface area contributed by atoms with E-state index in [2.05, 4.69) is 16.2 Å². The zero-order valence-electron chi connectivity index (χ0n) is 14.1. The van der Waals surface area contributed by atoms with Crippen molar-refractivity contribution in [3.05, 3.63) is 30.1 Å². The van der Waals surface area contributed by atoms with Crippen LogP contribution in [0.3, 0.4) is 0 Å². The normalized spacial score (nSPS) is 12.9. The van der Waals surface area contributed by atoms with Crippen LogP contribution >= 0.6 is 0 Å². The first-order valence-electron chi connectivity index (χ1n) is 7.49. The zero-order valence-corrected chi connectivity index (χ0v) is 14.1. The first-order chi connectivity index (χ1) is 11.2. The van der Waals surface area contributed by atoms with Crippen LogP contribution in [0.25, 0.3) is 0 Å². The zero-order chi connectivity index (χ0) is 18.3. The van der Waals surface area contributed by atoms with Crippen LogP contribution in [-0.2, 0) is 14.4 Å². The summed E-state index contributed by atoms with van der Waals surface area (Å²) in [6, 6.07) is 4.44. The third kappa shape index (κ3) is 6.23. The summed E-state index contributed by atoms with van der Waals surface area (Å²) in [4.78, 5) is 35.1. The van der Waals surface area contributed by atoms with Crippen LogP contribution in [0.2, 0.25) is 0 Å². The van der Waals surface area contributed by atoms with Crippen molar-refractivity contribution < 1.29 is 23.5 Å². The smallest absolute Gasteiger partial charge is 0.279 e. The maximum absolute atomic E-state index is 12.8. The van der Waals surface area contributed by atoms with Gasteiger partial charge in [0.2, 0.25) is 5.91 Å². The number of hydrogen-bond donors (Lipinski definition) is 3. The highest BCUT2D eigenvalue weighted by Crippen LogP contribution is 2.12. The Bertz CT molecular complexity index is 589. The molecule has 0 saturated carbocycles. The summed E-state index contributed by atoms with van der Waals surface area (Å²) in [6.45, 7) is 6.32. The summed E-state index contributed by atoms with van der Waals surface area (Å²) in [5.74, 6) is -1.71. The van der Waals surface area contributed by atoms with Gasteiger partial charge in [0, 0.05) is 6.92 Å². The molecule has 0 aliphatic carbocycles. The lowest BCUT2D eigenvalue weighted by Gasteiger charge is -2.22. The van der Waals surface area contributed by atoms with Gasteiger partial charge in [-0.1, -0.05) is 13.8 Å². The molecular formula is C16H22FN3O4. The molecule has 0 spiro atoms. The molecule has 3 amide bonds. The molecule has 0 fully saturated rings. The lowest BCUT2D eigenvalue weighted by Crippen LogP contribution is -2.55. The summed E-state index contributed by atoms with van der Waals surface area (Å²) in [7, 11) is 0. The Morgan fingerprint density at radius 2 is 1.54 bits per heavy atom. The summed E-state index contributed by atoms with van der Waals surface area (Å²) in [6.07, 6.45) is -0.908. The summed E-state index contributed by atoms with van der Waals surface area (Å²) < 4.78 is 18.1. The van der Waals surface area contributed by atoms with E-state index < -0.39 is 29.8 Å². The third-order valence-electron chi connectivity index (χ3n) is 3.11. The molecule has 0 bridgehead atoms. The molecular weight excluding hydrogens is 317 g/mol. The molecule has 0 saturated heterocycles. The molecule has 1 aromatic rings. The minimum atomic E-state index is -0.908. The van der Waals surface area contributed by atoms with Crippen molar-refractivity contribution in [3.63, 3.8) is 0 Å². The van der Waals surface area contributed by atoms with E-state index in [-0.39, 0.29) is 11.8 Å². The van der Waals surface area contributed by atoms with Crippen molar-refractivity contribution in [2.75, 3.05) is 0 Å². The van der Waals surface area contributed by atoms with E-state index in [1.165, 1.54) is 38.1 Å². The molecule has 0 aliphatic rings. The second kappa shape index (κ2) is 8.85. The van der Waals surface area contributed by atoms with Gasteiger partial charge in [0.15, 0.2) is 6.10 Å². The third-order valence-corrected chi connectivity index (χ3v) is 3.11. The quantitative estimate of drug-likeness (QED) is 0.671. The number of carbonyl (C=O) groups is 3. The number of hydrazine groups is 1. The lowest BCUT2D eigenvalue weighted by atomic mass is 10.0. The van der Waals surface area contributed by atoms with Gasteiger partial charge in [-0.05, 0) is 37.1 Å². The van der Waals surface area contributed by atoms with Crippen LogP contribution in [-0.4, -0.2) is 29.9 Å². The van der Waals surface area contributed by atoms with Gasteiger partial charge in [-0.3, -0.25) is 25.2 Å². The van der Waals surface area contributed by atoms with Crippen molar-refractivity contribution in [1.29, 1.82) is 0 Å². The highest BCUT2D eigenvalue weighted by atomic mass is 19.1. The topological polar surface area (TPSA) is 96.5 Å². The average Bonchev–Trinajstić information content (AvgIpc) is 2.51. The standard InChI is InChI=1S/C16H22FN3O4/c1-9(2)14(18-11(4)21)16(23)20-19-15(22)10(3)24-13-7-5-12(17)6-8-13/h5-10,14H,1-4H3,(H,18,21)(H,19,22)(H,20,23)/t10-,14+/m0/s1. The Morgan fingerprint density at radius 1 is 1.00 bits per heavy atom. The predicted molar refractivity (Wildman–Crippen MR) is 85.2 cm³/mol. The number of nitrogens with one attached hydrogen (secondary N) is 3. The van der Waals surface area contributed by atoms with Gasteiger partial charge in [-0.2, -0.15) is 0 Å². The highest BCUT2D eigenvalue weighted by molar-refractivity contribution is 5.89. The molecule has 7 nitrogen and oxygen atoms in total. The van der Waals surface area contributed by atoms with Crippen molar-refractivity contribution >= 4 is 17.7 Å². The minimum absolute atomic E-state index is 0.154. The van der Waals surface area contributed by atoms with Crippen molar-refractivity contribution in [2.45, 2.75) is 39.8 Å². The van der Waals surface area contributed by atoms with Crippen LogP contribution in [0.4, 0.5) is 4.39 Å². The summed E-state index contributed by atoms with van der Waals surface area (Å²) in [5, 5.41) is 2.51. The van der Waals surface area contributed by atoms with Gasteiger partial charge >= 0.3 is 0 Å². The number of ether oxygens (including phenoxy) is 1. The van der Waals surface area contributed by atoms with Gasteiger partial charge in [-0.15, -0.1) is 0 Å². The van der Waals surface area contributed by atoms with Crippen LogP contribution < -0.4 is 20.9 Å². The molecule has 1 rings (SSSR count). The predicted octanol–water partition coefficient (Wildman–Crippen LogP) is 0.901. The Balaban J connectivity index is 2.52. The van der Waals surface area contributed by atoms with E-state index >= 15 is 0 Å². The van der Waals surface area contributed by atoms with Gasteiger partial charge in [0.05, 0.1) is 0 Å². The molecule has 2 atom stereocenters. The van der Waals surface area contributed by atoms with Crippen LogP contribution in [0, 0.1) is 11.7 Å². The molecule has 0 aliphatic heterocycles. The molecule has 3 N–H and O–H groups in total. The molecule has 132 valence electrons. The number of amides is 3.